The van der Waals surface area contributed by atoms with Crippen molar-refractivity contribution in [1.29, 1.82) is 0 Å². The Bertz CT molecular complexity index is 455. The Hall–Kier alpha value is -1.62. The van der Waals surface area contributed by atoms with E-state index in [1.54, 1.807) is 6.20 Å². The normalized spacial score (nSPS) is 16.0. The SMILES string of the molecule is CN(C)CCNC(=O)c1cc(NC2CCCCC2)ccn1. The van der Waals surface area contributed by atoms with E-state index in [4.69, 9.17) is 0 Å². The third kappa shape index (κ3) is 5.34. The maximum Gasteiger partial charge on any atom is 0.269 e. The summed E-state index contributed by atoms with van der Waals surface area (Å²) in [5.41, 5.74) is 1.48. The van der Waals surface area contributed by atoms with Crippen molar-refractivity contribution in [3.63, 3.8) is 0 Å². The van der Waals surface area contributed by atoms with Crippen LogP contribution in [0.5, 0.6) is 0 Å². The van der Waals surface area contributed by atoms with E-state index in [0.29, 0.717) is 18.3 Å². The van der Waals surface area contributed by atoms with E-state index < -0.39 is 0 Å². The number of nitrogens with zero attached hydrogens (tertiary/aromatic N) is 2. The summed E-state index contributed by atoms with van der Waals surface area (Å²) >= 11 is 0. The molecule has 1 heterocycles. The topological polar surface area (TPSA) is 57.3 Å². The molecule has 1 amide bonds. The number of hydrogen-bond acceptors (Lipinski definition) is 4. The fourth-order valence-electron chi connectivity index (χ4n) is 2.61. The van der Waals surface area contributed by atoms with Gasteiger partial charge in [0.25, 0.3) is 5.91 Å². The van der Waals surface area contributed by atoms with E-state index in [2.05, 4.69) is 15.6 Å². The van der Waals surface area contributed by atoms with Crippen molar-refractivity contribution in [1.82, 2.24) is 15.2 Å². The van der Waals surface area contributed by atoms with Crippen LogP contribution in [0.1, 0.15) is 42.6 Å². The van der Waals surface area contributed by atoms with E-state index in [0.717, 1.165) is 12.2 Å². The summed E-state index contributed by atoms with van der Waals surface area (Å²) in [6.07, 6.45) is 8.06. The Morgan fingerprint density at radius 1 is 1.33 bits per heavy atom. The summed E-state index contributed by atoms with van der Waals surface area (Å²) in [6, 6.07) is 4.32. The number of likely N-dealkylation sites (N-methyl/N-ethyl adjacent to an activating group) is 1. The number of nitrogens with one attached hydrogen (secondary N) is 2. The molecule has 0 bridgehead atoms. The van der Waals surface area contributed by atoms with Crippen LogP contribution >= 0.6 is 0 Å². The monoisotopic (exact) mass is 290 g/mol. The first-order chi connectivity index (χ1) is 10.1. The molecule has 5 nitrogen and oxygen atoms in total. The zero-order chi connectivity index (χ0) is 15.1. The Morgan fingerprint density at radius 3 is 2.81 bits per heavy atom. The average molecular weight is 290 g/mol. The molecule has 0 aromatic carbocycles. The lowest BCUT2D eigenvalue weighted by atomic mass is 9.95. The zero-order valence-corrected chi connectivity index (χ0v) is 13.1. The number of aromatic nitrogens is 1. The Kier molecular flexibility index (Phi) is 5.99. The Balaban J connectivity index is 1.88. The lowest BCUT2D eigenvalue weighted by molar-refractivity contribution is 0.0946. The molecule has 21 heavy (non-hydrogen) atoms. The van der Waals surface area contributed by atoms with Gasteiger partial charge in [0.2, 0.25) is 0 Å². The molecule has 0 spiro atoms. The van der Waals surface area contributed by atoms with Crippen LogP contribution in [0, 0.1) is 0 Å². The number of pyridine rings is 1. The summed E-state index contributed by atoms with van der Waals surface area (Å²) in [5, 5.41) is 6.41. The highest BCUT2D eigenvalue weighted by Crippen LogP contribution is 2.21. The van der Waals surface area contributed by atoms with E-state index in [9.17, 15) is 4.79 Å². The smallest absolute Gasteiger partial charge is 0.269 e. The predicted molar refractivity (Wildman–Crippen MR) is 85.6 cm³/mol. The summed E-state index contributed by atoms with van der Waals surface area (Å²) in [4.78, 5) is 18.3. The molecule has 2 rings (SSSR count). The van der Waals surface area contributed by atoms with Gasteiger partial charge in [-0.1, -0.05) is 19.3 Å². The van der Waals surface area contributed by atoms with Crippen LogP contribution in [-0.2, 0) is 0 Å². The highest BCUT2D eigenvalue weighted by Gasteiger charge is 2.14. The lowest BCUT2D eigenvalue weighted by Gasteiger charge is -2.23. The number of carbonyl (C=O) groups excluding carboxylic acids is 1. The standard InChI is InChI=1S/C16H26N4O/c1-20(2)11-10-18-16(21)15-12-14(8-9-17-15)19-13-6-4-3-5-7-13/h8-9,12-13H,3-7,10-11H2,1-2H3,(H,17,19)(H,18,21). The van der Waals surface area contributed by atoms with Crippen LogP contribution in [0.15, 0.2) is 18.3 Å². The number of amides is 1. The summed E-state index contributed by atoms with van der Waals surface area (Å²) in [6.45, 7) is 1.46. The Morgan fingerprint density at radius 2 is 2.10 bits per heavy atom. The first-order valence-corrected chi connectivity index (χ1v) is 7.80. The summed E-state index contributed by atoms with van der Waals surface area (Å²) < 4.78 is 0. The van der Waals surface area contributed by atoms with Crippen molar-refractivity contribution >= 4 is 11.6 Å². The molecule has 0 aliphatic heterocycles. The van der Waals surface area contributed by atoms with Gasteiger partial charge in [-0.05, 0) is 39.1 Å². The molecule has 0 radical (unpaired) electrons. The molecule has 5 heteroatoms. The quantitative estimate of drug-likeness (QED) is 0.842. The molecule has 1 aliphatic rings. The van der Waals surface area contributed by atoms with Gasteiger partial charge in [-0.3, -0.25) is 9.78 Å². The number of rotatable bonds is 6. The van der Waals surface area contributed by atoms with Gasteiger partial charge in [-0.25, -0.2) is 0 Å². The minimum Gasteiger partial charge on any atom is -0.382 e. The van der Waals surface area contributed by atoms with Gasteiger partial charge in [0.15, 0.2) is 0 Å². The van der Waals surface area contributed by atoms with Crippen LogP contribution in [-0.4, -0.2) is 49.0 Å². The Labute approximate surface area is 127 Å². The fourth-order valence-corrected chi connectivity index (χ4v) is 2.61. The van der Waals surface area contributed by atoms with Crippen molar-refractivity contribution in [3.8, 4) is 0 Å². The third-order valence-corrected chi connectivity index (χ3v) is 3.81. The largest absolute Gasteiger partial charge is 0.382 e. The third-order valence-electron chi connectivity index (χ3n) is 3.81. The van der Waals surface area contributed by atoms with Crippen LogP contribution in [0.25, 0.3) is 0 Å². The second kappa shape index (κ2) is 7.98. The van der Waals surface area contributed by atoms with E-state index in [-0.39, 0.29) is 5.91 Å². The van der Waals surface area contributed by atoms with Gasteiger partial charge in [-0.2, -0.15) is 0 Å². The molecular formula is C16H26N4O. The van der Waals surface area contributed by atoms with Gasteiger partial charge in [0.05, 0.1) is 0 Å². The maximum atomic E-state index is 12.1. The molecule has 0 saturated heterocycles. The zero-order valence-electron chi connectivity index (χ0n) is 13.1. The first-order valence-electron chi connectivity index (χ1n) is 7.80. The minimum absolute atomic E-state index is 0.107. The molecule has 1 saturated carbocycles. The van der Waals surface area contributed by atoms with Gasteiger partial charge < -0.3 is 15.5 Å². The fraction of sp³-hybridized carbons (Fsp3) is 0.625. The van der Waals surface area contributed by atoms with Crippen LogP contribution in [0.2, 0.25) is 0 Å². The molecule has 1 aromatic rings. The maximum absolute atomic E-state index is 12.1. The van der Waals surface area contributed by atoms with E-state index in [1.165, 1.54) is 32.1 Å². The number of carbonyl (C=O) groups is 1. The van der Waals surface area contributed by atoms with Crippen LogP contribution in [0.4, 0.5) is 5.69 Å². The van der Waals surface area contributed by atoms with E-state index >= 15 is 0 Å². The number of hydrogen-bond donors (Lipinski definition) is 2. The van der Waals surface area contributed by atoms with Crippen LogP contribution in [0.3, 0.4) is 0 Å². The summed E-state index contributed by atoms with van der Waals surface area (Å²) in [5.74, 6) is -0.107. The molecule has 0 atom stereocenters. The van der Waals surface area contributed by atoms with Gasteiger partial charge in [0, 0.05) is 31.0 Å². The molecular weight excluding hydrogens is 264 g/mol. The molecule has 1 aliphatic carbocycles. The van der Waals surface area contributed by atoms with Crippen molar-refractivity contribution in [2.24, 2.45) is 0 Å². The van der Waals surface area contributed by atoms with Gasteiger partial charge in [-0.15, -0.1) is 0 Å². The van der Waals surface area contributed by atoms with Crippen molar-refractivity contribution in [2.45, 2.75) is 38.1 Å². The predicted octanol–water partition coefficient (Wildman–Crippen LogP) is 2.12. The van der Waals surface area contributed by atoms with Gasteiger partial charge in [0.1, 0.15) is 5.69 Å². The van der Waals surface area contributed by atoms with Crippen molar-refractivity contribution in [2.75, 3.05) is 32.5 Å². The second-order valence-corrected chi connectivity index (χ2v) is 5.97. The van der Waals surface area contributed by atoms with Gasteiger partial charge >= 0.3 is 0 Å². The lowest BCUT2D eigenvalue weighted by Crippen LogP contribution is -2.31. The highest BCUT2D eigenvalue weighted by atomic mass is 16.1. The summed E-state index contributed by atoms with van der Waals surface area (Å²) in [7, 11) is 3.97. The molecule has 1 fully saturated rings. The van der Waals surface area contributed by atoms with E-state index in [1.807, 2.05) is 31.1 Å². The minimum atomic E-state index is -0.107. The highest BCUT2D eigenvalue weighted by molar-refractivity contribution is 5.93. The van der Waals surface area contributed by atoms with Crippen molar-refractivity contribution < 1.29 is 4.79 Å². The molecule has 1 aromatic heterocycles. The van der Waals surface area contributed by atoms with Crippen LogP contribution < -0.4 is 10.6 Å². The second-order valence-electron chi connectivity index (χ2n) is 5.97. The average Bonchev–Trinajstić information content (AvgIpc) is 2.48. The van der Waals surface area contributed by atoms with Crippen molar-refractivity contribution in [3.05, 3.63) is 24.0 Å². The molecule has 0 unspecified atom stereocenters. The molecule has 116 valence electrons. The first kappa shape index (κ1) is 15.8. The number of anilines is 1. The molecule has 2 N–H and O–H groups in total.